The van der Waals surface area contributed by atoms with Gasteiger partial charge in [-0.15, -0.1) is 0 Å². The molecule has 2 N–H and O–H groups in total. The number of amidine groups is 1. The molecule has 0 unspecified atom stereocenters. The fourth-order valence-corrected chi connectivity index (χ4v) is 3.67. The molecule has 0 aliphatic carbocycles. The van der Waals surface area contributed by atoms with Gasteiger partial charge < -0.3 is 5.32 Å². The van der Waals surface area contributed by atoms with Gasteiger partial charge in [-0.05, 0) is 38.3 Å². The Hall–Kier alpha value is -1.89. The minimum absolute atomic E-state index is 0.00455. The fraction of sp³-hybridized carbons (Fsp3) is 0.500. The van der Waals surface area contributed by atoms with E-state index in [0.29, 0.717) is 12.0 Å². The van der Waals surface area contributed by atoms with Crippen molar-refractivity contribution in [3.8, 4) is 0 Å². The van der Waals surface area contributed by atoms with Gasteiger partial charge in [0.05, 0.1) is 4.90 Å². The van der Waals surface area contributed by atoms with Crippen molar-refractivity contribution in [2.24, 2.45) is 10.9 Å². The van der Waals surface area contributed by atoms with E-state index >= 15 is 0 Å². The third kappa shape index (κ3) is 4.10. The van der Waals surface area contributed by atoms with Crippen LogP contribution in [0.5, 0.6) is 0 Å². The maximum absolute atomic E-state index is 12.4. The number of carbonyl (C=O) groups excluding carboxylic acids is 1. The van der Waals surface area contributed by atoms with Gasteiger partial charge in [-0.3, -0.25) is 14.5 Å². The average molecular weight is 337 g/mol. The van der Waals surface area contributed by atoms with E-state index in [2.05, 4.69) is 15.0 Å². The standard InChI is InChI=1S/C16H23N3O3S/c1-10(2)9-13(16(20)17-11(3)4)18-15-12-7-5-6-8-14(12)23(21,22)19-15/h5-8,10-11,13H,9H2,1-4H3,(H,17,20)(H,18,19)/t13-/m0/s1. The summed E-state index contributed by atoms with van der Waals surface area (Å²) in [5.41, 5.74) is 0.513. The van der Waals surface area contributed by atoms with Crippen molar-refractivity contribution in [3.63, 3.8) is 0 Å². The van der Waals surface area contributed by atoms with Gasteiger partial charge >= 0.3 is 0 Å². The molecule has 0 bridgehead atoms. The van der Waals surface area contributed by atoms with Crippen LogP contribution >= 0.6 is 0 Å². The molecule has 2 rings (SSSR count). The Bertz CT molecular complexity index is 724. The Morgan fingerprint density at radius 1 is 1.22 bits per heavy atom. The van der Waals surface area contributed by atoms with Crippen molar-refractivity contribution >= 4 is 21.8 Å². The van der Waals surface area contributed by atoms with E-state index in [0.717, 1.165) is 0 Å². The van der Waals surface area contributed by atoms with Gasteiger partial charge in [-0.25, -0.2) is 8.42 Å². The van der Waals surface area contributed by atoms with E-state index in [4.69, 9.17) is 0 Å². The highest BCUT2D eigenvalue weighted by molar-refractivity contribution is 7.90. The zero-order valence-electron chi connectivity index (χ0n) is 13.8. The molecule has 0 radical (unpaired) electrons. The zero-order chi connectivity index (χ0) is 17.2. The van der Waals surface area contributed by atoms with E-state index in [-0.39, 0.29) is 28.6 Å². The van der Waals surface area contributed by atoms with E-state index in [1.807, 2.05) is 27.7 Å². The van der Waals surface area contributed by atoms with E-state index < -0.39 is 16.1 Å². The van der Waals surface area contributed by atoms with Crippen LogP contribution in [0.3, 0.4) is 0 Å². The predicted molar refractivity (Wildman–Crippen MR) is 89.8 cm³/mol. The minimum Gasteiger partial charge on any atom is -0.352 e. The van der Waals surface area contributed by atoms with Crippen molar-refractivity contribution in [1.29, 1.82) is 0 Å². The summed E-state index contributed by atoms with van der Waals surface area (Å²) in [5.74, 6) is 0.311. The number of benzene rings is 1. The molecular weight excluding hydrogens is 314 g/mol. The molecule has 23 heavy (non-hydrogen) atoms. The summed E-state index contributed by atoms with van der Waals surface area (Å²) >= 11 is 0. The first-order valence-electron chi connectivity index (χ1n) is 7.71. The third-order valence-electron chi connectivity index (χ3n) is 3.38. The van der Waals surface area contributed by atoms with Crippen LogP contribution in [0.2, 0.25) is 0 Å². The Morgan fingerprint density at radius 3 is 2.48 bits per heavy atom. The molecule has 1 atom stereocenters. The highest BCUT2D eigenvalue weighted by atomic mass is 32.2. The van der Waals surface area contributed by atoms with Gasteiger partial charge in [0, 0.05) is 11.6 Å². The molecule has 6 nitrogen and oxygen atoms in total. The number of fused-ring (bicyclic) bond motifs is 1. The van der Waals surface area contributed by atoms with Crippen LogP contribution in [-0.4, -0.2) is 32.2 Å². The minimum atomic E-state index is -3.59. The summed E-state index contributed by atoms with van der Waals surface area (Å²) in [7, 11) is -3.59. The van der Waals surface area contributed by atoms with Crippen LogP contribution in [0, 0.1) is 5.92 Å². The number of carbonyl (C=O) groups is 1. The molecule has 1 amide bonds. The number of aliphatic imine (C=N–C) groups is 1. The van der Waals surface area contributed by atoms with Crippen molar-refractivity contribution in [3.05, 3.63) is 29.8 Å². The van der Waals surface area contributed by atoms with Crippen LogP contribution < -0.4 is 10.0 Å². The first-order valence-corrected chi connectivity index (χ1v) is 9.19. The second-order valence-electron chi connectivity index (χ2n) is 6.39. The Kier molecular flexibility index (Phi) is 5.09. The Balaban J connectivity index is 2.38. The topological polar surface area (TPSA) is 87.6 Å². The predicted octanol–water partition coefficient (Wildman–Crippen LogP) is 1.66. The van der Waals surface area contributed by atoms with Gasteiger partial charge in [-0.2, -0.15) is 0 Å². The largest absolute Gasteiger partial charge is 0.352 e. The number of sulfonamides is 1. The monoisotopic (exact) mass is 337 g/mol. The molecule has 1 aliphatic heterocycles. The van der Waals surface area contributed by atoms with Gasteiger partial charge in [0.1, 0.15) is 11.9 Å². The molecule has 1 aromatic rings. The highest BCUT2D eigenvalue weighted by Crippen LogP contribution is 2.23. The fourth-order valence-electron chi connectivity index (χ4n) is 2.43. The van der Waals surface area contributed by atoms with Crippen LogP contribution in [0.4, 0.5) is 0 Å². The van der Waals surface area contributed by atoms with Gasteiger partial charge in [-0.1, -0.05) is 26.0 Å². The molecule has 0 saturated heterocycles. The Labute approximate surface area is 137 Å². The molecule has 1 heterocycles. The normalized spacial score (nSPS) is 18.8. The molecule has 1 aromatic carbocycles. The van der Waals surface area contributed by atoms with Crippen molar-refractivity contribution in [2.45, 2.75) is 51.1 Å². The summed E-state index contributed by atoms with van der Waals surface area (Å²) in [5, 5.41) is 2.84. The molecular formula is C16H23N3O3S. The summed E-state index contributed by atoms with van der Waals surface area (Å²) in [6.07, 6.45) is 0.548. The maximum atomic E-state index is 12.4. The number of nitrogens with zero attached hydrogens (tertiary/aromatic N) is 1. The summed E-state index contributed by atoms with van der Waals surface area (Å²) in [6.45, 7) is 7.77. The number of nitrogens with one attached hydrogen (secondary N) is 2. The average Bonchev–Trinajstić information content (AvgIpc) is 2.69. The van der Waals surface area contributed by atoms with Gasteiger partial charge in [0.15, 0.2) is 0 Å². The third-order valence-corrected chi connectivity index (χ3v) is 4.77. The second-order valence-corrected chi connectivity index (χ2v) is 8.04. The molecule has 0 spiro atoms. The van der Waals surface area contributed by atoms with Crippen LogP contribution in [0.25, 0.3) is 0 Å². The van der Waals surface area contributed by atoms with E-state index in [9.17, 15) is 13.2 Å². The van der Waals surface area contributed by atoms with Crippen molar-refractivity contribution < 1.29 is 13.2 Å². The quantitative estimate of drug-likeness (QED) is 0.856. The van der Waals surface area contributed by atoms with Gasteiger partial charge in [0.25, 0.3) is 10.0 Å². The highest BCUT2D eigenvalue weighted by Gasteiger charge is 2.32. The summed E-state index contributed by atoms with van der Waals surface area (Å²) < 4.78 is 26.7. The zero-order valence-corrected chi connectivity index (χ0v) is 14.6. The first kappa shape index (κ1) is 17.5. The smallest absolute Gasteiger partial charge is 0.263 e. The van der Waals surface area contributed by atoms with Crippen molar-refractivity contribution in [2.75, 3.05) is 0 Å². The van der Waals surface area contributed by atoms with Crippen LogP contribution in [0.1, 0.15) is 39.7 Å². The van der Waals surface area contributed by atoms with Gasteiger partial charge in [0.2, 0.25) is 5.91 Å². The SMILES string of the molecule is CC(C)C[C@H](N=C1NS(=O)(=O)c2ccccc21)C(=O)NC(C)C. The van der Waals surface area contributed by atoms with Crippen molar-refractivity contribution in [1.82, 2.24) is 10.0 Å². The first-order chi connectivity index (χ1) is 10.7. The summed E-state index contributed by atoms with van der Waals surface area (Å²) in [4.78, 5) is 17.0. The maximum Gasteiger partial charge on any atom is 0.263 e. The van der Waals surface area contributed by atoms with E-state index in [1.54, 1.807) is 18.2 Å². The number of hydrogen-bond donors (Lipinski definition) is 2. The Morgan fingerprint density at radius 2 is 1.87 bits per heavy atom. The lowest BCUT2D eigenvalue weighted by molar-refractivity contribution is -0.123. The van der Waals surface area contributed by atoms with E-state index in [1.165, 1.54) is 6.07 Å². The lowest BCUT2D eigenvalue weighted by Gasteiger charge is -2.17. The molecule has 7 heteroatoms. The molecule has 0 fully saturated rings. The lowest BCUT2D eigenvalue weighted by atomic mass is 10.0. The number of amides is 1. The van der Waals surface area contributed by atoms with Crippen LogP contribution in [-0.2, 0) is 14.8 Å². The summed E-state index contributed by atoms with van der Waals surface area (Å²) in [6, 6.07) is 6.02. The van der Waals surface area contributed by atoms with Crippen LogP contribution in [0.15, 0.2) is 34.2 Å². The molecule has 0 aromatic heterocycles. The second kappa shape index (κ2) is 6.70. The molecule has 0 saturated carbocycles. The lowest BCUT2D eigenvalue weighted by Crippen LogP contribution is -2.39. The number of hydrogen-bond acceptors (Lipinski definition) is 4. The molecule has 1 aliphatic rings. The molecule has 126 valence electrons. The number of rotatable bonds is 5.